The minimum Gasteiger partial charge on any atom is -0.368 e. The molecule has 0 N–H and O–H groups in total. The largest absolute Gasteiger partial charge is 0.368 e. The Morgan fingerprint density at radius 3 is 2.47 bits per heavy atom. The molecule has 0 spiro atoms. The lowest BCUT2D eigenvalue weighted by atomic mass is 10.2. The molecule has 0 radical (unpaired) electrons. The predicted octanol–water partition coefficient (Wildman–Crippen LogP) is 1.84. The summed E-state index contributed by atoms with van der Waals surface area (Å²) in [7, 11) is 0. The van der Waals surface area contributed by atoms with E-state index in [0.29, 0.717) is 0 Å². The Morgan fingerprint density at radius 1 is 1.20 bits per heavy atom. The van der Waals surface area contributed by atoms with Gasteiger partial charge in [0.05, 0.1) is 5.56 Å². The summed E-state index contributed by atoms with van der Waals surface area (Å²) in [5.41, 5.74) is 1.31. The van der Waals surface area contributed by atoms with Gasteiger partial charge in [-0.2, -0.15) is 0 Å². The number of hydrogen-bond donors (Lipinski definition) is 0. The lowest BCUT2D eigenvalue weighted by Crippen LogP contribution is -2.32. The van der Waals surface area contributed by atoms with E-state index in [2.05, 4.69) is 41.2 Å². The number of morpholine rings is 1. The van der Waals surface area contributed by atoms with Crippen molar-refractivity contribution in [3.05, 3.63) is 35.9 Å². The fourth-order valence-corrected chi connectivity index (χ4v) is 2.59. The molecular formula is C12H16NOS+. The zero-order valence-electron chi connectivity index (χ0n) is 8.98. The zero-order chi connectivity index (χ0) is 10.5. The van der Waals surface area contributed by atoms with E-state index in [-0.39, 0.29) is 0 Å². The Balaban J connectivity index is 2.30. The molecule has 0 aromatic heterocycles. The van der Waals surface area contributed by atoms with E-state index in [1.54, 1.807) is 0 Å². The lowest BCUT2D eigenvalue weighted by molar-refractivity contribution is -0.546. The zero-order valence-corrected chi connectivity index (χ0v) is 9.80. The van der Waals surface area contributed by atoms with Crippen LogP contribution in [0, 0.1) is 0 Å². The maximum Gasteiger partial charge on any atom is 0.241 e. The summed E-state index contributed by atoms with van der Waals surface area (Å²) in [6.07, 6.45) is 2.14. The third-order valence-corrected chi connectivity index (χ3v) is 3.39. The quantitative estimate of drug-likeness (QED) is 0.531. The van der Waals surface area contributed by atoms with Crippen LogP contribution in [0.1, 0.15) is 5.56 Å². The highest BCUT2D eigenvalue weighted by atomic mass is 32.2. The molecule has 1 saturated heterocycles. The summed E-state index contributed by atoms with van der Waals surface area (Å²) in [4.78, 5) is 0. The average Bonchev–Trinajstić information content (AvgIpc) is 2.33. The monoisotopic (exact) mass is 222 g/mol. The van der Waals surface area contributed by atoms with Gasteiger partial charge in [0.2, 0.25) is 5.04 Å². The highest BCUT2D eigenvalue weighted by Crippen LogP contribution is 2.11. The molecule has 2 nitrogen and oxygen atoms in total. The Morgan fingerprint density at radius 2 is 1.87 bits per heavy atom. The molecule has 0 amide bonds. The molecule has 1 fully saturated rings. The van der Waals surface area contributed by atoms with Crippen LogP contribution in [0.15, 0.2) is 30.3 Å². The Kier molecular flexibility index (Phi) is 3.80. The van der Waals surface area contributed by atoms with Gasteiger partial charge in [-0.05, 0) is 18.4 Å². The molecule has 15 heavy (non-hydrogen) atoms. The second-order valence-electron chi connectivity index (χ2n) is 3.47. The molecule has 0 aliphatic carbocycles. The number of nitrogens with zero attached hydrogens (tertiary/aromatic N) is 1. The molecule has 0 saturated carbocycles. The SMILES string of the molecule is CSC(c1ccccc1)=[N+]1CCOCC1. The van der Waals surface area contributed by atoms with Crippen molar-refractivity contribution in [1.82, 2.24) is 0 Å². The van der Waals surface area contributed by atoms with Gasteiger partial charge >= 0.3 is 0 Å². The van der Waals surface area contributed by atoms with Crippen molar-refractivity contribution >= 4 is 16.8 Å². The van der Waals surface area contributed by atoms with Gasteiger partial charge in [-0.1, -0.05) is 30.0 Å². The molecule has 0 bridgehead atoms. The highest BCUT2D eigenvalue weighted by molar-refractivity contribution is 8.13. The fourth-order valence-electron chi connectivity index (χ4n) is 1.78. The summed E-state index contributed by atoms with van der Waals surface area (Å²) < 4.78 is 7.77. The topological polar surface area (TPSA) is 12.2 Å². The molecule has 1 aromatic carbocycles. The summed E-state index contributed by atoms with van der Waals surface area (Å²) in [5, 5.41) is 1.36. The van der Waals surface area contributed by atoms with E-state index in [1.807, 2.05) is 11.8 Å². The van der Waals surface area contributed by atoms with Crippen molar-refractivity contribution < 1.29 is 9.31 Å². The van der Waals surface area contributed by atoms with Crippen LogP contribution in [0.2, 0.25) is 0 Å². The van der Waals surface area contributed by atoms with Crippen LogP contribution in [-0.2, 0) is 4.74 Å². The van der Waals surface area contributed by atoms with Crippen LogP contribution in [0.25, 0.3) is 0 Å². The van der Waals surface area contributed by atoms with Gasteiger partial charge in [-0.3, -0.25) is 0 Å². The van der Waals surface area contributed by atoms with Crippen molar-refractivity contribution in [2.45, 2.75) is 0 Å². The van der Waals surface area contributed by atoms with E-state index < -0.39 is 0 Å². The Labute approximate surface area is 95.0 Å². The molecule has 1 aliphatic rings. The number of rotatable bonds is 1. The van der Waals surface area contributed by atoms with Gasteiger partial charge in [0, 0.05) is 0 Å². The maximum atomic E-state index is 5.37. The molecular weight excluding hydrogens is 206 g/mol. The van der Waals surface area contributed by atoms with E-state index in [4.69, 9.17) is 4.74 Å². The number of thioether (sulfide) groups is 1. The molecule has 3 heteroatoms. The minimum absolute atomic E-state index is 0.844. The lowest BCUT2D eigenvalue weighted by Gasteiger charge is -2.13. The third kappa shape index (κ3) is 2.61. The highest BCUT2D eigenvalue weighted by Gasteiger charge is 2.18. The average molecular weight is 222 g/mol. The summed E-state index contributed by atoms with van der Waals surface area (Å²) in [6.45, 7) is 3.70. The van der Waals surface area contributed by atoms with E-state index in [1.165, 1.54) is 10.6 Å². The van der Waals surface area contributed by atoms with Gasteiger partial charge in [0.25, 0.3) is 0 Å². The first-order valence-electron chi connectivity index (χ1n) is 5.21. The summed E-state index contributed by atoms with van der Waals surface area (Å²) in [5.74, 6) is 0. The van der Waals surface area contributed by atoms with E-state index >= 15 is 0 Å². The van der Waals surface area contributed by atoms with Crippen molar-refractivity contribution in [2.75, 3.05) is 32.6 Å². The molecule has 0 unspecified atom stereocenters. The molecule has 0 atom stereocenters. The van der Waals surface area contributed by atoms with Crippen LogP contribution in [0.4, 0.5) is 0 Å². The molecule has 1 aliphatic heterocycles. The third-order valence-electron chi connectivity index (χ3n) is 2.51. The standard InChI is InChI=1S/C12H16NOS/c1-15-12(11-5-3-2-4-6-11)13-7-9-14-10-8-13/h2-6H,7-10H2,1H3/q+1. The van der Waals surface area contributed by atoms with Gasteiger partial charge in [0.15, 0.2) is 13.1 Å². The Bertz CT molecular complexity index is 340. The number of benzene rings is 1. The number of ether oxygens (including phenoxy) is 1. The maximum absolute atomic E-state index is 5.37. The van der Waals surface area contributed by atoms with Crippen LogP contribution in [0.5, 0.6) is 0 Å². The van der Waals surface area contributed by atoms with Gasteiger partial charge in [0.1, 0.15) is 13.2 Å². The van der Waals surface area contributed by atoms with Crippen molar-refractivity contribution in [2.24, 2.45) is 0 Å². The fraction of sp³-hybridized carbons (Fsp3) is 0.417. The van der Waals surface area contributed by atoms with E-state index in [0.717, 1.165) is 26.3 Å². The summed E-state index contributed by atoms with van der Waals surface area (Å²) in [6, 6.07) is 10.6. The second-order valence-corrected chi connectivity index (χ2v) is 4.27. The predicted molar refractivity (Wildman–Crippen MR) is 64.9 cm³/mol. The number of hydrogen-bond acceptors (Lipinski definition) is 2. The van der Waals surface area contributed by atoms with Crippen LogP contribution < -0.4 is 0 Å². The normalized spacial score (nSPS) is 16.5. The van der Waals surface area contributed by atoms with Crippen molar-refractivity contribution in [3.63, 3.8) is 0 Å². The molecule has 80 valence electrons. The molecule has 1 aromatic rings. The van der Waals surface area contributed by atoms with E-state index in [9.17, 15) is 0 Å². The first-order valence-corrected chi connectivity index (χ1v) is 6.43. The van der Waals surface area contributed by atoms with Crippen LogP contribution in [-0.4, -0.2) is 42.2 Å². The van der Waals surface area contributed by atoms with Crippen molar-refractivity contribution in [1.29, 1.82) is 0 Å². The van der Waals surface area contributed by atoms with Gasteiger partial charge < -0.3 is 4.74 Å². The molecule has 2 rings (SSSR count). The Hall–Kier alpha value is -0.800. The van der Waals surface area contributed by atoms with Crippen LogP contribution >= 0.6 is 11.8 Å². The van der Waals surface area contributed by atoms with Crippen molar-refractivity contribution in [3.8, 4) is 0 Å². The van der Waals surface area contributed by atoms with Crippen LogP contribution in [0.3, 0.4) is 0 Å². The first-order chi connectivity index (χ1) is 7.42. The first kappa shape index (κ1) is 10.7. The second kappa shape index (κ2) is 5.33. The van der Waals surface area contributed by atoms with Gasteiger partial charge in [-0.25, -0.2) is 4.58 Å². The summed E-state index contributed by atoms with van der Waals surface area (Å²) >= 11 is 1.82. The molecule has 1 heterocycles. The smallest absolute Gasteiger partial charge is 0.241 e. The minimum atomic E-state index is 0.844. The van der Waals surface area contributed by atoms with Gasteiger partial charge in [-0.15, -0.1) is 0 Å².